The highest BCUT2D eigenvalue weighted by molar-refractivity contribution is 5.23. The van der Waals surface area contributed by atoms with Crippen molar-refractivity contribution < 1.29 is 15.3 Å². The Morgan fingerprint density at radius 2 is 2.12 bits per heavy atom. The molecule has 0 amide bonds. The van der Waals surface area contributed by atoms with Crippen molar-refractivity contribution in [3.8, 4) is 0 Å². The standard InChI is InChI=1S/C9H12N2O5/c12-5-7(14)6(13)1-3-11-4-2-8(15)10-9(11)16/h1-4,6-7,12-14H,5H2,(H,10,15,16). The highest BCUT2D eigenvalue weighted by atomic mass is 16.4. The molecule has 16 heavy (non-hydrogen) atoms. The van der Waals surface area contributed by atoms with Crippen molar-refractivity contribution in [3.05, 3.63) is 39.2 Å². The molecule has 7 nitrogen and oxygen atoms in total. The van der Waals surface area contributed by atoms with E-state index in [1.807, 2.05) is 4.98 Å². The quantitative estimate of drug-likeness (QED) is 0.463. The number of nitrogens with zero attached hydrogens (tertiary/aromatic N) is 1. The van der Waals surface area contributed by atoms with Crippen molar-refractivity contribution in [1.29, 1.82) is 0 Å². The van der Waals surface area contributed by atoms with Crippen molar-refractivity contribution in [2.45, 2.75) is 12.2 Å². The van der Waals surface area contributed by atoms with Gasteiger partial charge in [-0.25, -0.2) is 4.79 Å². The summed E-state index contributed by atoms with van der Waals surface area (Å²) in [7, 11) is 0. The Morgan fingerprint density at radius 3 is 2.69 bits per heavy atom. The van der Waals surface area contributed by atoms with Gasteiger partial charge in [-0.15, -0.1) is 0 Å². The lowest BCUT2D eigenvalue weighted by atomic mass is 10.2. The number of H-pyrrole nitrogens is 1. The van der Waals surface area contributed by atoms with Gasteiger partial charge in [0.25, 0.3) is 5.56 Å². The molecule has 1 aromatic heterocycles. The monoisotopic (exact) mass is 228 g/mol. The van der Waals surface area contributed by atoms with Crippen molar-refractivity contribution >= 4 is 6.20 Å². The zero-order valence-corrected chi connectivity index (χ0v) is 8.28. The maximum atomic E-state index is 11.2. The highest BCUT2D eigenvalue weighted by Gasteiger charge is 2.10. The van der Waals surface area contributed by atoms with Gasteiger partial charge in [0.05, 0.1) is 6.61 Å². The van der Waals surface area contributed by atoms with Gasteiger partial charge in [-0.05, 0) is 6.08 Å². The minimum Gasteiger partial charge on any atom is -0.394 e. The Morgan fingerprint density at radius 1 is 1.44 bits per heavy atom. The van der Waals surface area contributed by atoms with E-state index in [1.54, 1.807) is 0 Å². The molecule has 0 fully saturated rings. The van der Waals surface area contributed by atoms with Crippen LogP contribution in [0.25, 0.3) is 6.20 Å². The van der Waals surface area contributed by atoms with Crippen LogP contribution >= 0.6 is 0 Å². The molecule has 0 saturated carbocycles. The average Bonchev–Trinajstić information content (AvgIpc) is 2.26. The Hall–Kier alpha value is -1.70. The predicted octanol–water partition coefficient (Wildman–Crippen LogP) is -2.28. The third-order valence-electron chi connectivity index (χ3n) is 1.88. The molecule has 0 aliphatic carbocycles. The summed E-state index contributed by atoms with van der Waals surface area (Å²) in [6.45, 7) is -0.591. The molecular formula is C9H12N2O5. The lowest BCUT2D eigenvalue weighted by molar-refractivity contribution is 0.00973. The third-order valence-corrected chi connectivity index (χ3v) is 1.88. The summed E-state index contributed by atoms with van der Waals surface area (Å²) in [6, 6.07) is 1.14. The van der Waals surface area contributed by atoms with E-state index in [0.717, 1.165) is 16.7 Å². The first-order valence-corrected chi connectivity index (χ1v) is 4.51. The Balaban J connectivity index is 2.84. The number of aliphatic hydroxyl groups is 3. The van der Waals surface area contributed by atoms with Crippen molar-refractivity contribution in [2.75, 3.05) is 6.61 Å². The second-order valence-electron chi connectivity index (χ2n) is 3.10. The van der Waals surface area contributed by atoms with Gasteiger partial charge >= 0.3 is 5.69 Å². The molecule has 1 rings (SSSR count). The molecule has 1 heterocycles. The van der Waals surface area contributed by atoms with Crippen LogP contribution in [0.3, 0.4) is 0 Å². The number of rotatable bonds is 4. The Bertz CT molecular complexity index is 475. The van der Waals surface area contributed by atoms with Crippen LogP contribution < -0.4 is 11.2 Å². The molecule has 0 bridgehead atoms. The van der Waals surface area contributed by atoms with E-state index in [4.69, 9.17) is 10.2 Å². The minimum atomic E-state index is -1.31. The van der Waals surface area contributed by atoms with Gasteiger partial charge in [-0.1, -0.05) is 0 Å². The molecule has 0 saturated heterocycles. The van der Waals surface area contributed by atoms with E-state index in [-0.39, 0.29) is 0 Å². The van der Waals surface area contributed by atoms with E-state index in [0.29, 0.717) is 0 Å². The molecule has 2 unspecified atom stereocenters. The summed E-state index contributed by atoms with van der Waals surface area (Å²) in [5.41, 5.74) is -1.18. The van der Waals surface area contributed by atoms with Gasteiger partial charge in [-0.3, -0.25) is 14.3 Å². The fourth-order valence-corrected chi connectivity index (χ4v) is 0.962. The molecule has 88 valence electrons. The molecule has 0 aliphatic heterocycles. The SMILES string of the molecule is O=c1ccn(C=CC(O)C(O)CO)c(=O)[nH]1. The molecule has 2 atom stereocenters. The molecule has 0 aliphatic rings. The van der Waals surface area contributed by atoms with E-state index in [1.165, 1.54) is 12.4 Å². The number of aromatic nitrogens is 2. The summed E-state index contributed by atoms with van der Waals surface area (Å²) in [5, 5.41) is 26.8. The Kier molecular flexibility index (Phi) is 4.18. The van der Waals surface area contributed by atoms with Gasteiger partial charge in [0.1, 0.15) is 12.2 Å². The minimum absolute atomic E-state index is 0.523. The van der Waals surface area contributed by atoms with Gasteiger partial charge in [0.2, 0.25) is 0 Å². The first-order chi connectivity index (χ1) is 7.54. The number of aliphatic hydroxyl groups excluding tert-OH is 3. The summed E-state index contributed by atoms with van der Waals surface area (Å²) >= 11 is 0. The van der Waals surface area contributed by atoms with Crippen LogP contribution in [0.1, 0.15) is 0 Å². The smallest absolute Gasteiger partial charge is 0.332 e. The van der Waals surface area contributed by atoms with Crippen LogP contribution in [0.15, 0.2) is 27.9 Å². The molecule has 0 spiro atoms. The topological polar surface area (TPSA) is 116 Å². The fraction of sp³-hybridized carbons (Fsp3) is 0.333. The summed E-state index contributed by atoms with van der Waals surface area (Å²) in [6.07, 6.45) is 0.927. The molecule has 1 aromatic rings. The van der Waals surface area contributed by atoms with E-state index in [2.05, 4.69) is 0 Å². The van der Waals surface area contributed by atoms with Gasteiger partial charge in [0.15, 0.2) is 0 Å². The van der Waals surface area contributed by atoms with Crippen LogP contribution in [0.5, 0.6) is 0 Å². The first kappa shape index (κ1) is 12.4. The number of hydrogen-bond donors (Lipinski definition) is 4. The third kappa shape index (κ3) is 3.16. The van der Waals surface area contributed by atoms with Crippen LogP contribution in [0.4, 0.5) is 0 Å². The maximum absolute atomic E-state index is 11.2. The number of nitrogens with one attached hydrogen (secondary N) is 1. The van der Waals surface area contributed by atoms with Gasteiger partial charge < -0.3 is 15.3 Å². The lowest BCUT2D eigenvalue weighted by Crippen LogP contribution is -2.29. The molecule has 7 heteroatoms. The van der Waals surface area contributed by atoms with Crippen LogP contribution in [-0.4, -0.2) is 43.7 Å². The molecule has 0 radical (unpaired) electrons. The normalized spacial score (nSPS) is 15.2. The molecule has 4 N–H and O–H groups in total. The number of hydrogen-bond acceptors (Lipinski definition) is 5. The lowest BCUT2D eigenvalue weighted by Gasteiger charge is -2.10. The zero-order chi connectivity index (χ0) is 12.1. The zero-order valence-electron chi connectivity index (χ0n) is 8.28. The van der Waals surface area contributed by atoms with E-state index >= 15 is 0 Å². The molecular weight excluding hydrogens is 216 g/mol. The first-order valence-electron chi connectivity index (χ1n) is 4.51. The highest BCUT2D eigenvalue weighted by Crippen LogP contribution is 1.95. The van der Waals surface area contributed by atoms with E-state index in [9.17, 15) is 14.7 Å². The number of aromatic amines is 1. The largest absolute Gasteiger partial charge is 0.394 e. The van der Waals surface area contributed by atoms with Crippen molar-refractivity contribution in [1.82, 2.24) is 9.55 Å². The van der Waals surface area contributed by atoms with Crippen LogP contribution in [0.2, 0.25) is 0 Å². The second kappa shape index (κ2) is 5.40. The summed E-state index contributed by atoms with van der Waals surface area (Å²) in [4.78, 5) is 23.9. The van der Waals surface area contributed by atoms with Gasteiger partial charge in [-0.2, -0.15) is 0 Å². The van der Waals surface area contributed by atoms with E-state index < -0.39 is 30.1 Å². The molecule has 0 aromatic carbocycles. The summed E-state index contributed by atoms with van der Waals surface area (Å²) in [5.74, 6) is 0. The van der Waals surface area contributed by atoms with Crippen LogP contribution in [0, 0.1) is 0 Å². The Labute approximate surface area is 89.9 Å². The predicted molar refractivity (Wildman–Crippen MR) is 55.8 cm³/mol. The average molecular weight is 228 g/mol. The second-order valence-corrected chi connectivity index (χ2v) is 3.10. The van der Waals surface area contributed by atoms with Crippen molar-refractivity contribution in [2.24, 2.45) is 0 Å². The summed E-state index contributed by atoms with van der Waals surface area (Å²) < 4.78 is 1.02. The van der Waals surface area contributed by atoms with Crippen molar-refractivity contribution in [3.63, 3.8) is 0 Å². The fourth-order valence-electron chi connectivity index (χ4n) is 0.962. The van der Waals surface area contributed by atoms with Gasteiger partial charge in [0, 0.05) is 18.5 Å². The maximum Gasteiger partial charge on any atom is 0.332 e. The van der Waals surface area contributed by atoms with Crippen LogP contribution in [-0.2, 0) is 0 Å².